The summed E-state index contributed by atoms with van der Waals surface area (Å²) >= 11 is 0. The lowest BCUT2D eigenvalue weighted by Gasteiger charge is -2.14. The van der Waals surface area contributed by atoms with E-state index in [0.717, 1.165) is 30.9 Å². The van der Waals surface area contributed by atoms with Crippen LogP contribution in [0.1, 0.15) is 39.1 Å². The Balaban J connectivity index is 1.91. The third kappa shape index (κ3) is 3.58. The van der Waals surface area contributed by atoms with E-state index in [1.807, 2.05) is 6.07 Å². The van der Waals surface area contributed by atoms with E-state index in [-0.39, 0.29) is 6.04 Å². The van der Waals surface area contributed by atoms with E-state index < -0.39 is 0 Å². The molecule has 0 saturated carbocycles. The van der Waals surface area contributed by atoms with Crippen LogP contribution >= 0.6 is 0 Å². The van der Waals surface area contributed by atoms with Crippen LogP contribution in [0.5, 0.6) is 0 Å². The molecule has 0 aliphatic carbocycles. The molecule has 0 amide bonds. The van der Waals surface area contributed by atoms with Crippen molar-refractivity contribution in [3.05, 3.63) is 30.1 Å². The first-order valence-electron chi connectivity index (χ1n) is 7.36. The van der Waals surface area contributed by atoms with Crippen molar-refractivity contribution in [1.82, 2.24) is 14.9 Å². The number of rotatable bonds is 7. The van der Waals surface area contributed by atoms with Crippen LogP contribution in [0.2, 0.25) is 0 Å². The predicted octanol–water partition coefficient (Wildman–Crippen LogP) is 3.04. The molecular formula is C16H25N3O. The molecule has 110 valence electrons. The molecule has 1 heterocycles. The van der Waals surface area contributed by atoms with Crippen molar-refractivity contribution in [2.75, 3.05) is 13.2 Å². The summed E-state index contributed by atoms with van der Waals surface area (Å²) < 4.78 is 7.70. The summed E-state index contributed by atoms with van der Waals surface area (Å²) in [7, 11) is 2.07. The topological polar surface area (TPSA) is 39.1 Å². The van der Waals surface area contributed by atoms with E-state index in [1.54, 1.807) is 0 Å². The third-order valence-corrected chi connectivity index (χ3v) is 3.43. The minimum atomic E-state index is 0.242. The Bertz CT molecular complexity index is 548. The van der Waals surface area contributed by atoms with Crippen molar-refractivity contribution in [1.29, 1.82) is 0 Å². The fraction of sp³-hybridized carbons (Fsp3) is 0.562. The molecule has 2 rings (SSSR count). The van der Waals surface area contributed by atoms with Gasteiger partial charge in [0.05, 0.1) is 23.2 Å². The first kappa shape index (κ1) is 15.0. The van der Waals surface area contributed by atoms with E-state index in [2.05, 4.69) is 55.9 Å². The Morgan fingerprint density at radius 1 is 1.25 bits per heavy atom. The van der Waals surface area contributed by atoms with Crippen LogP contribution < -0.4 is 5.32 Å². The Kier molecular flexibility index (Phi) is 5.15. The monoisotopic (exact) mass is 275 g/mol. The second-order valence-corrected chi connectivity index (χ2v) is 5.47. The first-order valence-corrected chi connectivity index (χ1v) is 7.36. The van der Waals surface area contributed by atoms with Gasteiger partial charge in [0.25, 0.3) is 0 Å². The SMILES string of the molecule is CC(C)OCCCNC(C)c1nc2ccccc2n1C. The Labute approximate surface area is 121 Å². The molecule has 0 aliphatic rings. The van der Waals surface area contributed by atoms with Gasteiger partial charge in [0.2, 0.25) is 0 Å². The highest BCUT2D eigenvalue weighted by Crippen LogP contribution is 2.18. The van der Waals surface area contributed by atoms with Crippen LogP contribution in [0, 0.1) is 0 Å². The zero-order chi connectivity index (χ0) is 14.5. The minimum absolute atomic E-state index is 0.242. The van der Waals surface area contributed by atoms with Gasteiger partial charge in [-0.15, -0.1) is 0 Å². The van der Waals surface area contributed by atoms with Gasteiger partial charge in [-0.1, -0.05) is 12.1 Å². The smallest absolute Gasteiger partial charge is 0.126 e. The van der Waals surface area contributed by atoms with Gasteiger partial charge in [-0.2, -0.15) is 0 Å². The summed E-state index contributed by atoms with van der Waals surface area (Å²) in [4.78, 5) is 4.71. The average Bonchev–Trinajstić information content (AvgIpc) is 2.76. The lowest BCUT2D eigenvalue weighted by Crippen LogP contribution is -2.23. The molecule has 4 heteroatoms. The number of para-hydroxylation sites is 2. The molecule has 1 unspecified atom stereocenters. The molecule has 1 aromatic carbocycles. The molecule has 1 N–H and O–H groups in total. The van der Waals surface area contributed by atoms with Gasteiger partial charge in [0.1, 0.15) is 5.82 Å². The molecule has 0 radical (unpaired) electrons. The highest BCUT2D eigenvalue weighted by Gasteiger charge is 2.13. The maximum absolute atomic E-state index is 5.54. The zero-order valence-electron chi connectivity index (χ0n) is 12.9. The predicted molar refractivity (Wildman–Crippen MR) is 82.8 cm³/mol. The number of hydrogen-bond donors (Lipinski definition) is 1. The maximum atomic E-state index is 5.54. The summed E-state index contributed by atoms with van der Waals surface area (Å²) in [5.41, 5.74) is 2.24. The summed E-state index contributed by atoms with van der Waals surface area (Å²) in [6.45, 7) is 8.03. The van der Waals surface area contributed by atoms with Gasteiger partial charge in [-0.25, -0.2) is 4.98 Å². The second-order valence-electron chi connectivity index (χ2n) is 5.47. The minimum Gasteiger partial charge on any atom is -0.379 e. The molecule has 0 bridgehead atoms. The Morgan fingerprint density at radius 3 is 2.70 bits per heavy atom. The van der Waals surface area contributed by atoms with Crippen LogP contribution in [0.25, 0.3) is 11.0 Å². The van der Waals surface area contributed by atoms with Gasteiger partial charge in [0.15, 0.2) is 0 Å². The lowest BCUT2D eigenvalue weighted by molar-refractivity contribution is 0.0767. The molecule has 0 saturated heterocycles. The summed E-state index contributed by atoms with van der Waals surface area (Å²) in [5.74, 6) is 1.08. The van der Waals surface area contributed by atoms with Gasteiger partial charge >= 0.3 is 0 Å². The fourth-order valence-corrected chi connectivity index (χ4v) is 2.35. The van der Waals surface area contributed by atoms with E-state index in [9.17, 15) is 0 Å². The van der Waals surface area contributed by atoms with Crippen LogP contribution in [0.15, 0.2) is 24.3 Å². The molecule has 0 aliphatic heterocycles. The van der Waals surface area contributed by atoms with Crippen molar-refractivity contribution in [3.63, 3.8) is 0 Å². The molecule has 1 aromatic heterocycles. The molecular weight excluding hydrogens is 250 g/mol. The largest absolute Gasteiger partial charge is 0.379 e. The van der Waals surface area contributed by atoms with E-state index in [0.29, 0.717) is 6.10 Å². The van der Waals surface area contributed by atoms with Crippen molar-refractivity contribution >= 4 is 11.0 Å². The molecule has 4 nitrogen and oxygen atoms in total. The van der Waals surface area contributed by atoms with Gasteiger partial charge in [-0.3, -0.25) is 0 Å². The lowest BCUT2D eigenvalue weighted by atomic mass is 10.3. The number of nitrogens with zero attached hydrogens (tertiary/aromatic N) is 2. The Hall–Kier alpha value is -1.39. The third-order valence-electron chi connectivity index (χ3n) is 3.43. The fourth-order valence-electron chi connectivity index (χ4n) is 2.35. The number of nitrogens with one attached hydrogen (secondary N) is 1. The normalized spacial score (nSPS) is 13.2. The standard InChI is InChI=1S/C16H25N3O/c1-12(2)20-11-7-10-17-13(3)16-18-14-8-5-6-9-15(14)19(16)4/h5-6,8-9,12-13,17H,7,10-11H2,1-4H3. The van der Waals surface area contributed by atoms with Crippen molar-refractivity contribution in [3.8, 4) is 0 Å². The highest BCUT2D eigenvalue weighted by molar-refractivity contribution is 5.75. The van der Waals surface area contributed by atoms with E-state index in [1.165, 1.54) is 5.52 Å². The summed E-state index contributed by atoms with van der Waals surface area (Å²) in [5, 5.41) is 3.51. The van der Waals surface area contributed by atoms with Crippen molar-refractivity contribution in [2.24, 2.45) is 7.05 Å². The quantitative estimate of drug-likeness (QED) is 0.789. The number of aromatic nitrogens is 2. The molecule has 1 atom stereocenters. The van der Waals surface area contributed by atoms with Crippen LogP contribution in [-0.4, -0.2) is 28.8 Å². The number of aryl methyl sites for hydroxylation is 1. The highest BCUT2D eigenvalue weighted by atomic mass is 16.5. The second kappa shape index (κ2) is 6.86. The van der Waals surface area contributed by atoms with E-state index >= 15 is 0 Å². The number of imidazole rings is 1. The molecule has 0 spiro atoms. The number of fused-ring (bicyclic) bond motifs is 1. The zero-order valence-corrected chi connectivity index (χ0v) is 12.9. The molecule has 2 aromatic rings. The average molecular weight is 275 g/mol. The van der Waals surface area contributed by atoms with Gasteiger partial charge < -0.3 is 14.6 Å². The van der Waals surface area contributed by atoms with Crippen LogP contribution in [0.3, 0.4) is 0 Å². The summed E-state index contributed by atoms with van der Waals surface area (Å²) in [6.07, 6.45) is 1.33. The molecule has 0 fully saturated rings. The van der Waals surface area contributed by atoms with Crippen molar-refractivity contribution < 1.29 is 4.74 Å². The van der Waals surface area contributed by atoms with Crippen LogP contribution in [0.4, 0.5) is 0 Å². The summed E-state index contributed by atoms with van der Waals surface area (Å²) in [6, 6.07) is 8.48. The maximum Gasteiger partial charge on any atom is 0.126 e. The number of hydrogen-bond acceptors (Lipinski definition) is 3. The Morgan fingerprint density at radius 2 is 2.00 bits per heavy atom. The van der Waals surface area contributed by atoms with Crippen molar-refractivity contribution in [2.45, 2.75) is 39.3 Å². The number of ether oxygens (including phenoxy) is 1. The molecule has 20 heavy (non-hydrogen) atoms. The van der Waals surface area contributed by atoms with Gasteiger partial charge in [-0.05, 0) is 45.9 Å². The first-order chi connectivity index (χ1) is 9.59. The van der Waals surface area contributed by atoms with E-state index in [4.69, 9.17) is 9.72 Å². The number of benzene rings is 1. The van der Waals surface area contributed by atoms with Crippen LogP contribution in [-0.2, 0) is 11.8 Å². The van der Waals surface area contributed by atoms with Gasteiger partial charge in [0, 0.05) is 13.7 Å².